The normalized spacial score (nSPS) is 14.1. The summed E-state index contributed by atoms with van der Waals surface area (Å²) in [5.74, 6) is 0.492. The largest absolute Gasteiger partial charge is 0.497 e. The number of nitrogens with zero attached hydrogens (tertiary/aromatic N) is 4. The molecule has 0 unspecified atom stereocenters. The zero-order chi connectivity index (χ0) is 25.8. The van der Waals surface area contributed by atoms with Crippen molar-refractivity contribution < 1.29 is 19.1 Å². The third kappa shape index (κ3) is 5.29. The van der Waals surface area contributed by atoms with Gasteiger partial charge in [-0.1, -0.05) is 18.2 Å². The molecule has 0 radical (unpaired) electrons. The SMILES string of the molecule is COc1ccc2c(c1)c(CC(=O)N(CCN1CCOCC1)c1nccs1)c(C)n2C(=O)c1ccccc1. The number of rotatable bonds is 8. The first-order chi connectivity index (χ1) is 18.1. The molecule has 0 bridgehead atoms. The molecule has 0 spiro atoms. The molecule has 0 atom stereocenters. The van der Waals surface area contributed by atoms with Crippen LogP contribution in [0, 0.1) is 6.92 Å². The van der Waals surface area contributed by atoms with Gasteiger partial charge in [0.1, 0.15) is 5.75 Å². The third-order valence-corrected chi connectivity index (χ3v) is 7.58. The summed E-state index contributed by atoms with van der Waals surface area (Å²) < 4.78 is 12.6. The van der Waals surface area contributed by atoms with E-state index in [-0.39, 0.29) is 18.2 Å². The molecule has 0 aliphatic carbocycles. The molecule has 9 heteroatoms. The molecule has 2 aromatic heterocycles. The Bertz CT molecular complexity index is 1380. The minimum atomic E-state index is -0.129. The molecule has 1 amide bonds. The van der Waals surface area contributed by atoms with Crippen LogP contribution in [0.1, 0.15) is 21.6 Å². The maximum atomic E-state index is 13.8. The van der Waals surface area contributed by atoms with E-state index in [0.29, 0.717) is 36.2 Å². The number of methoxy groups -OCH3 is 1. The highest BCUT2D eigenvalue weighted by molar-refractivity contribution is 7.13. The Labute approximate surface area is 220 Å². The van der Waals surface area contributed by atoms with Crippen LogP contribution in [0.25, 0.3) is 10.9 Å². The van der Waals surface area contributed by atoms with E-state index in [1.807, 2.05) is 48.7 Å². The summed E-state index contributed by atoms with van der Waals surface area (Å²) >= 11 is 1.45. The second-order valence-corrected chi connectivity index (χ2v) is 9.82. The Morgan fingerprint density at radius 3 is 2.62 bits per heavy atom. The molecule has 1 saturated heterocycles. The van der Waals surface area contributed by atoms with E-state index in [4.69, 9.17) is 9.47 Å². The zero-order valence-corrected chi connectivity index (χ0v) is 21.9. The molecule has 37 heavy (non-hydrogen) atoms. The summed E-state index contributed by atoms with van der Waals surface area (Å²) in [7, 11) is 1.61. The number of aromatic nitrogens is 2. The number of morpholine rings is 1. The van der Waals surface area contributed by atoms with E-state index in [2.05, 4.69) is 9.88 Å². The van der Waals surface area contributed by atoms with Crippen molar-refractivity contribution in [3.05, 3.63) is 76.9 Å². The van der Waals surface area contributed by atoms with E-state index >= 15 is 0 Å². The van der Waals surface area contributed by atoms with E-state index in [0.717, 1.165) is 41.8 Å². The highest BCUT2D eigenvalue weighted by Crippen LogP contribution is 2.31. The van der Waals surface area contributed by atoms with Gasteiger partial charge in [0.2, 0.25) is 5.91 Å². The van der Waals surface area contributed by atoms with Gasteiger partial charge in [-0.25, -0.2) is 4.98 Å². The maximum Gasteiger partial charge on any atom is 0.262 e. The van der Waals surface area contributed by atoms with Gasteiger partial charge in [0.25, 0.3) is 5.91 Å². The van der Waals surface area contributed by atoms with Gasteiger partial charge in [0.05, 0.1) is 32.3 Å². The van der Waals surface area contributed by atoms with Crippen molar-refractivity contribution in [1.82, 2.24) is 14.5 Å². The number of benzene rings is 2. The molecule has 0 N–H and O–H groups in total. The number of hydrogen-bond acceptors (Lipinski definition) is 7. The van der Waals surface area contributed by atoms with Gasteiger partial charge in [-0.2, -0.15) is 0 Å². The number of fused-ring (bicyclic) bond motifs is 1. The summed E-state index contributed by atoms with van der Waals surface area (Å²) in [5.41, 5.74) is 2.91. The predicted octanol–water partition coefficient (Wildman–Crippen LogP) is 4.01. The standard InChI is InChI=1S/C28H30N4O4S/c1-20-23(19-26(33)31(28-29-10-17-37-28)12-11-30-13-15-36-16-14-30)24-18-22(35-2)8-9-25(24)32(20)27(34)21-6-4-3-5-7-21/h3-10,17-18H,11-16,19H2,1-2H3. The van der Waals surface area contributed by atoms with Crippen LogP contribution in [0.5, 0.6) is 5.75 Å². The van der Waals surface area contributed by atoms with E-state index < -0.39 is 0 Å². The van der Waals surface area contributed by atoms with Crippen LogP contribution in [0.3, 0.4) is 0 Å². The Hall–Kier alpha value is -3.53. The van der Waals surface area contributed by atoms with Crippen LogP contribution in [0.15, 0.2) is 60.1 Å². The van der Waals surface area contributed by atoms with Crippen molar-refractivity contribution in [3.63, 3.8) is 0 Å². The predicted molar refractivity (Wildman–Crippen MR) is 145 cm³/mol. The molecule has 0 saturated carbocycles. The summed E-state index contributed by atoms with van der Waals surface area (Å²) in [5, 5.41) is 3.39. The van der Waals surface area contributed by atoms with Crippen molar-refractivity contribution >= 4 is 39.2 Å². The summed E-state index contributed by atoms with van der Waals surface area (Å²) in [6.45, 7) is 6.31. The molecule has 8 nitrogen and oxygen atoms in total. The smallest absolute Gasteiger partial charge is 0.262 e. The monoisotopic (exact) mass is 518 g/mol. The topological polar surface area (TPSA) is 76.9 Å². The van der Waals surface area contributed by atoms with Gasteiger partial charge >= 0.3 is 0 Å². The Morgan fingerprint density at radius 1 is 1.14 bits per heavy atom. The molecule has 2 aromatic carbocycles. The van der Waals surface area contributed by atoms with Crippen LogP contribution in [-0.4, -0.2) is 72.8 Å². The lowest BCUT2D eigenvalue weighted by molar-refractivity contribution is -0.118. The highest BCUT2D eigenvalue weighted by Gasteiger charge is 2.26. The Morgan fingerprint density at radius 2 is 1.92 bits per heavy atom. The number of thiazole rings is 1. The van der Waals surface area contributed by atoms with Crippen LogP contribution < -0.4 is 9.64 Å². The van der Waals surface area contributed by atoms with Gasteiger partial charge in [-0.3, -0.25) is 24.0 Å². The second-order valence-electron chi connectivity index (χ2n) is 8.94. The van der Waals surface area contributed by atoms with Crippen LogP contribution in [0.2, 0.25) is 0 Å². The second kappa shape index (κ2) is 11.2. The lowest BCUT2D eigenvalue weighted by Crippen LogP contribution is -2.43. The van der Waals surface area contributed by atoms with E-state index in [9.17, 15) is 9.59 Å². The first-order valence-electron chi connectivity index (χ1n) is 12.3. The lowest BCUT2D eigenvalue weighted by atomic mass is 10.1. The molecular formula is C28H30N4O4S. The highest BCUT2D eigenvalue weighted by atomic mass is 32.1. The zero-order valence-electron chi connectivity index (χ0n) is 21.1. The number of anilines is 1. The lowest BCUT2D eigenvalue weighted by Gasteiger charge is -2.29. The van der Waals surface area contributed by atoms with Gasteiger partial charge in [0, 0.05) is 54.4 Å². The van der Waals surface area contributed by atoms with Gasteiger partial charge in [-0.15, -0.1) is 11.3 Å². The molecule has 1 aliphatic rings. The van der Waals surface area contributed by atoms with E-state index in [1.165, 1.54) is 11.3 Å². The van der Waals surface area contributed by atoms with Gasteiger partial charge in [0.15, 0.2) is 5.13 Å². The first-order valence-corrected chi connectivity index (χ1v) is 13.2. The summed E-state index contributed by atoms with van der Waals surface area (Å²) in [6.07, 6.45) is 1.86. The van der Waals surface area contributed by atoms with Crippen molar-refractivity contribution in [2.75, 3.05) is 51.4 Å². The number of carbonyl (C=O) groups is 2. The molecule has 4 aromatic rings. The number of amides is 1. The quantitative estimate of drug-likeness (QED) is 0.351. The van der Waals surface area contributed by atoms with Crippen molar-refractivity contribution in [2.45, 2.75) is 13.3 Å². The van der Waals surface area contributed by atoms with E-state index in [1.54, 1.807) is 34.9 Å². The average molecular weight is 519 g/mol. The fourth-order valence-corrected chi connectivity index (χ4v) is 5.46. The van der Waals surface area contributed by atoms with Crippen molar-refractivity contribution in [3.8, 4) is 5.75 Å². The fraction of sp³-hybridized carbons (Fsp3) is 0.321. The maximum absolute atomic E-state index is 13.8. The number of carbonyl (C=O) groups excluding carboxylic acids is 2. The van der Waals surface area contributed by atoms with Gasteiger partial charge < -0.3 is 9.47 Å². The minimum Gasteiger partial charge on any atom is -0.497 e. The molecule has 192 valence electrons. The molecule has 1 aliphatic heterocycles. The summed E-state index contributed by atoms with van der Waals surface area (Å²) in [6, 6.07) is 14.8. The van der Waals surface area contributed by atoms with Crippen molar-refractivity contribution in [2.24, 2.45) is 0 Å². The molecular weight excluding hydrogens is 488 g/mol. The van der Waals surface area contributed by atoms with Crippen LogP contribution >= 0.6 is 11.3 Å². The Kier molecular flexibility index (Phi) is 7.64. The molecule has 1 fully saturated rings. The average Bonchev–Trinajstić information content (AvgIpc) is 3.56. The molecule has 3 heterocycles. The fourth-order valence-electron chi connectivity index (χ4n) is 4.77. The van der Waals surface area contributed by atoms with Crippen LogP contribution in [0.4, 0.5) is 5.13 Å². The number of hydrogen-bond donors (Lipinski definition) is 0. The first kappa shape index (κ1) is 25.1. The summed E-state index contributed by atoms with van der Waals surface area (Å²) in [4.78, 5) is 35.9. The van der Waals surface area contributed by atoms with Crippen molar-refractivity contribution in [1.29, 1.82) is 0 Å². The van der Waals surface area contributed by atoms with Gasteiger partial charge in [-0.05, 0) is 42.8 Å². The Balaban J connectivity index is 1.49. The number of ether oxygens (including phenoxy) is 2. The third-order valence-electron chi connectivity index (χ3n) is 6.79. The van der Waals surface area contributed by atoms with Crippen LogP contribution in [-0.2, 0) is 16.0 Å². The minimum absolute atomic E-state index is 0.0552. The molecule has 5 rings (SSSR count).